The van der Waals surface area contributed by atoms with Crippen LogP contribution in [0.5, 0.6) is 0 Å². The van der Waals surface area contributed by atoms with E-state index >= 15 is 0 Å². The van der Waals surface area contributed by atoms with Crippen LogP contribution in [0.25, 0.3) is 0 Å². The van der Waals surface area contributed by atoms with Crippen molar-refractivity contribution in [1.82, 2.24) is 9.80 Å². The molecule has 0 aromatic rings. The molecule has 0 aliphatic heterocycles. The van der Waals surface area contributed by atoms with E-state index in [4.69, 9.17) is 5.11 Å². The molecule has 0 aliphatic carbocycles. The first-order valence-electron chi connectivity index (χ1n) is 17.1. The molecule has 0 saturated heterocycles. The second kappa shape index (κ2) is 28.0. The van der Waals surface area contributed by atoms with Gasteiger partial charge in [0.1, 0.15) is 0 Å². The van der Waals surface area contributed by atoms with E-state index in [1.807, 2.05) is 0 Å². The van der Waals surface area contributed by atoms with Crippen molar-refractivity contribution in [3.63, 3.8) is 0 Å². The van der Waals surface area contributed by atoms with E-state index in [-0.39, 0.29) is 6.42 Å². The number of halogens is 1. The Morgan fingerprint density at radius 1 is 0.600 bits per heavy atom. The van der Waals surface area contributed by atoms with Crippen molar-refractivity contribution in [3.8, 4) is 0 Å². The lowest BCUT2D eigenvalue weighted by Crippen LogP contribution is -2.41. The molecule has 0 fully saturated rings. The van der Waals surface area contributed by atoms with Gasteiger partial charge in [-0.15, -0.1) is 0 Å². The molecule has 5 nitrogen and oxygen atoms in total. The number of carboxylic acid groups (broad SMARTS) is 1. The van der Waals surface area contributed by atoms with Gasteiger partial charge in [0.05, 0.1) is 0 Å². The molecule has 40 heavy (non-hydrogen) atoms. The van der Waals surface area contributed by atoms with E-state index in [0.717, 1.165) is 58.0 Å². The fourth-order valence-corrected chi connectivity index (χ4v) is 5.59. The summed E-state index contributed by atoms with van der Waals surface area (Å²) in [6, 6.07) is 0.292. The number of hydrogen-bond acceptors (Lipinski definition) is 3. The molecule has 1 N–H and O–H groups in total. The van der Waals surface area contributed by atoms with Crippen LogP contribution in [-0.2, 0) is 9.59 Å². The quantitative estimate of drug-likeness (QED) is 0.0874. The second-order valence-corrected chi connectivity index (χ2v) is 12.3. The van der Waals surface area contributed by atoms with Crippen molar-refractivity contribution in [1.29, 1.82) is 0 Å². The molecular formula is C34H67FN2O3. The van der Waals surface area contributed by atoms with E-state index in [0.29, 0.717) is 24.8 Å². The summed E-state index contributed by atoms with van der Waals surface area (Å²) in [5.74, 6) is -1.03. The van der Waals surface area contributed by atoms with Gasteiger partial charge in [0.25, 0.3) is 0 Å². The highest BCUT2D eigenvalue weighted by Gasteiger charge is 2.23. The first kappa shape index (κ1) is 38.8. The fourth-order valence-electron chi connectivity index (χ4n) is 5.59. The van der Waals surface area contributed by atoms with Gasteiger partial charge in [-0.25, -0.2) is 9.18 Å². The van der Waals surface area contributed by atoms with Crippen LogP contribution >= 0.6 is 0 Å². The summed E-state index contributed by atoms with van der Waals surface area (Å²) < 4.78 is 13.4. The summed E-state index contributed by atoms with van der Waals surface area (Å²) >= 11 is 0. The molecule has 0 heterocycles. The monoisotopic (exact) mass is 571 g/mol. The van der Waals surface area contributed by atoms with Gasteiger partial charge in [-0.1, -0.05) is 123 Å². The smallest absolute Gasteiger partial charge is 0.338 e. The number of alkyl halides is 1. The Bertz CT molecular complexity index is 588. The van der Waals surface area contributed by atoms with Crippen LogP contribution < -0.4 is 0 Å². The first-order chi connectivity index (χ1) is 19.3. The van der Waals surface area contributed by atoms with Crippen LogP contribution in [-0.4, -0.2) is 66.2 Å². The summed E-state index contributed by atoms with van der Waals surface area (Å²) in [6.45, 7) is 6.32. The number of carbonyl (C=O) groups excluding carboxylic acids is 1. The number of aliphatic carboxylic acids is 1. The predicted octanol–water partition coefficient (Wildman–Crippen LogP) is 9.57. The van der Waals surface area contributed by atoms with Gasteiger partial charge in [-0.3, -0.25) is 4.79 Å². The maximum atomic E-state index is 13.5. The number of carbonyl (C=O) groups is 2. The minimum atomic E-state index is -1.74. The normalized spacial score (nSPS) is 13.1. The zero-order valence-electron chi connectivity index (χ0n) is 27.1. The lowest BCUT2D eigenvalue weighted by molar-refractivity contribution is -0.143. The standard InChI is InChI=1S/C34H67FN2O3/c1-5-7-9-11-13-15-19-23-30-37(33(38)28-24-29-36(3)4)31(25-20-16-14-12-10-8-6-2)26-21-17-18-22-27-32(35)34(39)40/h31-32H,5-30H2,1-4H3,(H,39,40). The highest BCUT2D eigenvalue weighted by atomic mass is 19.1. The average Bonchev–Trinajstić information content (AvgIpc) is 2.92. The molecule has 238 valence electrons. The SMILES string of the molecule is CCCCCCCCCCN(C(=O)CCCN(C)C)C(CCCCCCCCC)CCCCCCC(F)C(=O)O. The topological polar surface area (TPSA) is 60.9 Å². The van der Waals surface area contributed by atoms with Gasteiger partial charge in [-0.05, 0) is 59.2 Å². The molecule has 0 rings (SSSR count). The van der Waals surface area contributed by atoms with Crippen molar-refractivity contribution in [2.75, 3.05) is 27.2 Å². The minimum absolute atomic E-state index is 0.103. The highest BCUT2D eigenvalue weighted by molar-refractivity contribution is 5.76. The van der Waals surface area contributed by atoms with Crippen molar-refractivity contribution >= 4 is 11.9 Å². The van der Waals surface area contributed by atoms with E-state index in [9.17, 15) is 14.0 Å². The first-order valence-corrected chi connectivity index (χ1v) is 17.1. The molecule has 0 aromatic carbocycles. The summed E-state index contributed by atoms with van der Waals surface area (Å²) in [4.78, 5) is 28.6. The average molecular weight is 571 g/mol. The molecule has 0 bridgehead atoms. The summed E-state index contributed by atoms with van der Waals surface area (Å²) in [6.07, 6.45) is 24.5. The van der Waals surface area contributed by atoms with Crippen LogP contribution in [0.1, 0.15) is 168 Å². The van der Waals surface area contributed by atoms with Crippen molar-refractivity contribution in [3.05, 3.63) is 0 Å². The number of amides is 1. The largest absolute Gasteiger partial charge is 0.479 e. The van der Waals surface area contributed by atoms with Crippen molar-refractivity contribution in [2.45, 2.75) is 180 Å². The van der Waals surface area contributed by atoms with Gasteiger partial charge in [0.2, 0.25) is 5.91 Å². The fraction of sp³-hybridized carbons (Fsp3) is 0.941. The van der Waals surface area contributed by atoms with Crippen molar-refractivity contribution in [2.24, 2.45) is 0 Å². The Balaban J connectivity index is 4.98. The molecule has 2 unspecified atom stereocenters. The highest BCUT2D eigenvalue weighted by Crippen LogP contribution is 2.22. The molecule has 1 amide bonds. The van der Waals surface area contributed by atoms with E-state index in [1.165, 1.54) is 89.9 Å². The minimum Gasteiger partial charge on any atom is -0.479 e. The molecule has 2 atom stereocenters. The maximum Gasteiger partial charge on any atom is 0.338 e. The zero-order valence-corrected chi connectivity index (χ0v) is 27.1. The summed E-state index contributed by atoms with van der Waals surface area (Å²) in [5, 5.41) is 8.76. The third-order valence-corrected chi connectivity index (χ3v) is 8.16. The van der Waals surface area contributed by atoms with Gasteiger partial charge in [0.15, 0.2) is 6.17 Å². The maximum absolute atomic E-state index is 13.5. The second-order valence-electron chi connectivity index (χ2n) is 12.3. The molecule has 0 saturated carbocycles. The predicted molar refractivity (Wildman–Crippen MR) is 169 cm³/mol. The van der Waals surface area contributed by atoms with Crippen molar-refractivity contribution < 1.29 is 19.1 Å². The Kier molecular flexibility index (Phi) is 27.2. The van der Waals surface area contributed by atoms with Crippen LogP contribution in [0.4, 0.5) is 4.39 Å². The van der Waals surface area contributed by atoms with Gasteiger partial charge in [-0.2, -0.15) is 0 Å². The summed E-state index contributed by atoms with van der Waals surface area (Å²) in [5.41, 5.74) is 0. The molecule has 0 radical (unpaired) electrons. The molecule has 0 aromatic heterocycles. The number of rotatable bonds is 30. The van der Waals surface area contributed by atoms with E-state index in [2.05, 4.69) is 37.7 Å². The van der Waals surface area contributed by atoms with E-state index in [1.54, 1.807) is 0 Å². The third-order valence-electron chi connectivity index (χ3n) is 8.16. The molecule has 0 aliphatic rings. The molecule has 6 heteroatoms. The number of unbranched alkanes of at least 4 members (excludes halogenated alkanes) is 16. The third kappa shape index (κ3) is 23.5. The van der Waals surface area contributed by atoms with Gasteiger partial charge in [0, 0.05) is 19.0 Å². The van der Waals surface area contributed by atoms with Crippen LogP contribution in [0.3, 0.4) is 0 Å². The number of hydrogen-bond donors (Lipinski definition) is 1. The summed E-state index contributed by atoms with van der Waals surface area (Å²) in [7, 11) is 4.13. The molecule has 0 spiro atoms. The Morgan fingerprint density at radius 2 is 1.02 bits per heavy atom. The van der Waals surface area contributed by atoms with Crippen LogP contribution in [0, 0.1) is 0 Å². The lowest BCUT2D eigenvalue weighted by atomic mass is 9.97. The Hall–Kier alpha value is -1.17. The van der Waals surface area contributed by atoms with Gasteiger partial charge >= 0.3 is 5.97 Å². The van der Waals surface area contributed by atoms with Crippen LogP contribution in [0.2, 0.25) is 0 Å². The molecular weight excluding hydrogens is 503 g/mol. The van der Waals surface area contributed by atoms with E-state index < -0.39 is 12.1 Å². The lowest BCUT2D eigenvalue weighted by Gasteiger charge is -2.33. The van der Waals surface area contributed by atoms with Crippen LogP contribution in [0.15, 0.2) is 0 Å². The zero-order chi connectivity index (χ0) is 29.8. The Labute approximate surface area is 248 Å². The van der Waals surface area contributed by atoms with Gasteiger partial charge < -0.3 is 14.9 Å². The Morgan fingerprint density at radius 3 is 1.48 bits per heavy atom. The number of carboxylic acids is 1. The number of nitrogens with zero attached hydrogens (tertiary/aromatic N) is 2.